The zero-order chi connectivity index (χ0) is 23.6. The van der Waals surface area contributed by atoms with Gasteiger partial charge in [0.15, 0.2) is 10.8 Å². The van der Waals surface area contributed by atoms with Crippen LogP contribution in [0.5, 0.6) is 0 Å². The van der Waals surface area contributed by atoms with Gasteiger partial charge in [0.05, 0.1) is 23.1 Å². The van der Waals surface area contributed by atoms with Crippen LogP contribution in [0.15, 0.2) is 70.7 Å². The van der Waals surface area contributed by atoms with Crippen molar-refractivity contribution < 1.29 is 31.6 Å². The lowest BCUT2D eigenvalue weighted by atomic mass is 10.1. The van der Waals surface area contributed by atoms with E-state index in [1.807, 2.05) is 0 Å². The second-order valence-electron chi connectivity index (χ2n) is 6.66. The Hall–Kier alpha value is -3.99. The van der Waals surface area contributed by atoms with E-state index < -0.39 is 35.1 Å². The van der Waals surface area contributed by atoms with E-state index in [2.05, 4.69) is 15.6 Å². The number of hydrogen-bond acceptors (Lipinski definition) is 5. The number of carbonyl (C=O) groups is 2. The second kappa shape index (κ2) is 8.87. The molecule has 0 spiro atoms. The van der Waals surface area contributed by atoms with Crippen LogP contribution in [0.1, 0.15) is 26.4 Å². The molecule has 2 N–H and O–H groups in total. The van der Waals surface area contributed by atoms with E-state index in [1.54, 1.807) is 12.1 Å². The number of benzene rings is 2. The molecular weight excluding hydrogens is 462 g/mol. The molecule has 0 saturated carbocycles. The molecule has 168 valence electrons. The summed E-state index contributed by atoms with van der Waals surface area (Å²) >= 11 is 1.10. The first-order valence-electron chi connectivity index (χ1n) is 9.30. The SMILES string of the molecule is O=C(Nc1ccc(NC(=O)c2ccccc2F)cc1C(F)(F)F)c1csc(-c2ccco2)n1. The van der Waals surface area contributed by atoms with Gasteiger partial charge in [0.2, 0.25) is 0 Å². The molecule has 33 heavy (non-hydrogen) atoms. The van der Waals surface area contributed by atoms with Gasteiger partial charge in [-0.3, -0.25) is 9.59 Å². The Morgan fingerprint density at radius 2 is 1.76 bits per heavy atom. The molecule has 2 amide bonds. The van der Waals surface area contributed by atoms with E-state index in [4.69, 9.17) is 4.42 Å². The number of amides is 2. The molecule has 0 atom stereocenters. The molecule has 4 aromatic rings. The van der Waals surface area contributed by atoms with Crippen molar-refractivity contribution in [2.75, 3.05) is 10.6 Å². The fourth-order valence-electron chi connectivity index (χ4n) is 2.89. The third kappa shape index (κ3) is 4.93. The van der Waals surface area contributed by atoms with Gasteiger partial charge in [0.1, 0.15) is 11.5 Å². The van der Waals surface area contributed by atoms with Crippen molar-refractivity contribution in [3.05, 3.63) is 88.9 Å². The van der Waals surface area contributed by atoms with Crippen molar-refractivity contribution in [1.82, 2.24) is 4.98 Å². The largest absolute Gasteiger partial charge is 0.462 e. The lowest BCUT2D eigenvalue weighted by molar-refractivity contribution is -0.136. The fourth-order valence-corrected chi connectivity index (χ4v) is 3.65. The molecule has 6 nitrogen and oxygen atoms in total. The lowest BCUT2D eigenvalue weighted by Gasteiger charge is -2.15. The molecule has 0 aliphatic heterocycles. The highest BCUT2D eigenvalue weighted by molar-refractivity contribution is 7.13. The van der Waals surface area contributed by atoms with Crippen molar-refractivity contribution >= 4 is 34.5 Å². The van der Waals surface area contributed by atoms with Gasteiger partial charge in [-0.1, -0.05) is 12.1 Å². The maximum absolute atomic E-state index is 13.8. The van der Waals surface area contributed by atoms with Crippen LogP contribution in [0.2, 0.25) is 0 Å². The van der Waals surface area contributed by atoms with Crippen molar-refractivity contribution in [3.63, 3.8) is 0 Å². The van der Waals surface area contributed by atoms with Crippen LogP contribution in [0, 0.1) is 5.82 Å². The van der Waals surface area contributed by atoms with Gasteiger partial charge in [-0.05, 0) is 42.5 Å². The van der Waals surface area contributed by atoms with Gasteiger partial charge in [-0.15, -0.1) is 11.3 Å². The summed E-state index contributed by atoms with van der Waals surface area (Å²) in [6.45, 7) is 0. The van der Waals surface area contributed by atoms with Crippen LogP contribution in [0.4, 0.5) is 28.9 Å². The van der Waals surface area contributed by atoms with E-state index in [-0.39, 0.29) is 16.9 Å². The van der Waals surface area contributed by atoms with Crippen LogP contribution in [0.25, 0.3) is 10.8 Å². The van der Waals surface area contributed by atoms with Crippen LogP contribution in [0.3, 0.4) is 0 Å². The van der Waals surface area contributed by atoms with E-state index >= 15 is 0 Å². The minimum absolute atomic E-state index is 0.0866. The number of hydrogen-bond donors (Lipinski definition) is 2. The van der Waals surface area contributed by atoms with Crippen molar-refractivity contribution in [1.29, 1.82) is 0 Å². The number of furan rings is 1. The van der Waals surface area contributed by atoms with Gasteiger partial charge < -0.3 is 15.1 Å². The number of rotatable bonds is 5. The summed E-state index contributed by atoms with van der Waals surface area (Å²) in [5.41, 5.74) is -2.34. The Bertz CT molecular complexity index is 1320. The number of thiazole rings is 1. The summed E-state index contributed by atoms with van der Waals surface area (Å²) in [7, 11) is 0. The standard InChI is InChI=1S/C22H13F4N3O3S/c23-15-5-2-1-4-13(15)19(30)27-12-7-8-16(14(10-12)22(24,25)26)28-20(31)17-11-33-21(29-17)18-6-3-9-32-18/h1-11H,(H,27,30)(H,28,31). The zero-order valence-electron chi connectivity index (χ0n) is 16.4. The molecule has 0 radical (unpaired) electrons. The monoisotopic (exact) mass is 475 g/mol. The Labute approximate surface area is 187 Å². The molecule has 4 rings (SSSR count). The predicted octanol–water partition coefficient (Wildman–Crippen LogP) is 6.07. The molecule has 11 heteroatoms. The van der Waals surface area contributed by atoms with Crippen molar-refractivity contribution in [2.45, 2.75) is 6.18 Å². The van der Waals surface area contributed by atoms with Gasteiger partial charge in [-0.25, -0.2) is 9.37 Å². The number of nitrogens with one attached hydrogen (secondary N) is 2. The van der Waals surface area contributed by atoms with Crippen LogP contribution in [-0.2, 0) is 6.18 Å². The fraction of sp³-hybridized carbons (Fsp3) is 0.0455. The molecule has 2 heterocycles. The first-order chi connectivity index (χ1) is 15.7. The molecule has 0 bridgehead atoms. The van der Waals surface area contributed by atoms with Crippen molar-refractivity contribution in [3.8, 4) is 10.8 Å². The van der Waals surface area contributed by atoms with Crippen LogP contribution < -0.4 is 10.6 Å². The molecule has 0 fully saturated rings. The second-order valence-corrected chi connectivity index (χ2v) is 7.52. The highest BCUT2D eigenvalue weighted by atomic mass is 32.1. The summed E-state index contributed by atoms with van der Waals surface area (Å²) < 4.78 is 59.9. The average Bonchev–Trinajstić information content (AvgIpc) is 3.46. The summed E-state index contributed by atoms with van der Waals surface area (Å²) in [5, 5.41) is 6.21. The average molecular weight is 475 g/mol. The van der Waals surface area contributed by atoms with E-state index in [0.717, 1.165) is 23.5 Å². The zero-order valence-corrected chi connectivity index (χ0v) is 17.3. The van der Waals surface area contributed by atoms with Crippen LogP contribution >= 0.6 is 11.3 Å². The number of aromatic nitrogens is 1. The van der Waals surface area contributed by atoms with Crippen molar-refractivity contribution in [2.24, 2.45) is 0 Å². The van der Waals surface area contributed by atoms with Gasteiger partial charge >= 0.3 is 6.18 Å². The molecule has 2 aromatic carbocycles. The third-order valence-electron chi connectivity index (χ3n) is 4.42. The minimum Gasteiger partial charge on any atom is -0.462 e. The Morgan fingerprint density at radius 3 is 2.45 bits per heavy atom. The summed E-state index contributed by atoms with van der Waals surface area (Å²) in [4.78, 5) is 28.8. The quantitative estimate of drug-likeness (QED) is 0.344. The first kappa shape index (κ1) is 22.2. The minimum atomic E-state index is -4.84. The third-order valence-corrected chi connectivity index (χ3v) is 5.28. The number of halogens is 4. The Morgan fingerprint density at radius 1 is 0.970 bits per heavy atom. The summed E-state index contributed by atoms with van der Waals surface area (Å²) in [6, 6.07) is 11.2. The summed E-state index contributed by atoms with van der Waals surface area (Å²) in [6.07, 6.45) is -3.42. The maximum atomic E-state index is 13.8. The lowest BCUT2D eigenvalue weighted by Crippen LogP contribution is -2.18. The smallest absolute Gasteiger partial charge is 0.418 e. The topological polar surface area (TPSA) is 84.2 Å². The molecule has 2 aromatic heterocycles. The molecule has 0 aliphatic carbocycles. The molecule has 0 unspecified atom stereocenters. The molecule has 0 saturated heterocycles. The van der Waals surface area contributed by atoms with E-state index in [0.29, 0.717) is 16.8 Å². The number of alkyl halides is 3. The Balaban J connectivity index is 1.56. The first-order valence-corrected chi connectivity index (χ1v) is 10.2. The number of anilines is 2. The predicted molar refractivity (Wildman–Crippen MR) is 114 cm³/mol. The van der Waals surface area contributed by atoms with Gasteiger partial charge in [0.25, 0.3) is 11.8 Å². The maximum Gasteiger partial charge on any atom is 0.418 e. The Kier molecular flexibility index (Phi) is 5.97. The van der Waals surface area contributed by atoms with Gasteiger partial charge in [-0.2, -0.15) is 13.2 Å². The van der Waals surface area contributed by atoms with E-state index in [9.17, 15) is 27.2 Å². The number of nitrogens with zero attached hydrogens (tertiary/aromatic N) is 1. The van der Waals surface area contributed by atoms with E-state index in [1.165, 1.54) is 35.9 Å². The molecule has 0 aliphatic rings. The van der Waals surface area contributed by atoms with Crippen LogP contribution in [-0.4, -0.2) is 16.8 Å². The summed E-state index contributed by atoms with van der Waals surface area (Å²) in [5.74, 6) is -2.15. The molecular formula is C22H13F4N3O3S. The normalized spacial score (nSPS) is 11.3. The number of carbonyl (C=O) groups excluding carboxylic acids is 2. The van der Waals surface area contributed by atoms with Gasteiger partial charge in [0, 0.05) is 11.1 Å². The highest BCUT2D eigenvalue weighted by Gasteiger charge is 2.34. The highest BCUT2D eigenvalue weighted by Crippen LogP contribution is 2.37.